The van der Waals surface area contributed by atoms with Gasteiger partial charge in [-0.25, -0.2) is 8.42 Å². The second-order valence-corrected chi connectivity index (χ2v) is 8.35. The first-order chi connectivity index (χ1) is 10.4. The number of ketones is 1. The molecule has 1 amide bonds. The summed E-state index contributed by atoms with van der Waals surface area (Å²) >= 11 is 0. The third kappa shape index (κ3) is 5.67. The maximum Gasteiger partial charge on any atom is 0.232 e. The van der Waals surface area contributed by atoms with Crippen molar-refractivity contribution in [1.29, 1.82) is 0 Å². The predicted molar refractivity (Wildman–Crippen MR) is 91.1 cm³/mol. The van der Waals surface area contributed by atoms with E-state index in [1.807, 2.05) is 0 Å². The summed E-state index contributed by atoms with van der Waals surface area (Å²) in [5.74, 6) is -0.287. The van der Waals surface area contributed by atoms with Crippen LogP contribution in [0.1, 0.15) is 38.1 Å². The first kappa shape index (κ1) is 19.2. The summed E-state index contributed by atoms with van der Waals surface area (Å²) in [5, 5.41) is 2.72. The lowest BCUT2D eigenvalue weighted by Crippen LogP contribution is -2.41. The van der Waals surface area contributed by atoms with E-state index in [0.717, 1.165) is 6.26 Å². The lowest BCUT2D eigenvalue weighted by molar-refractivity contribution is -0.128. The second-order valence-electron chi connectivity index (χ2n) is 6.45. The zero-order valence-corrected chi connectivity index (χ0v) is 15.0. The summed E-state index contributed by atoms with van der Waals surface area (Å²) in [4.78, 5) is 23.3. The van der Waals surface area contributed by atoms with Crippen molar-refractivity contribution < 1.29 is 18.0 Å². The second kappa shape index (κ2) is 7.12. The number of hydrogen-bond acceptors (Lipinski definition) is 4. The molecule has 0 saturated heterocycles. The van der Waals surface area contributed by atoms with Gasteiger partial charge in [-0.2, -0.15) is 0 Å². The fourth-order valence-electron chi connectivity index (χ4n) is 1.90. The fourth-order valence-corrected chi connectivity index (χ4v) is 2.82. The standard InChI is InChI=1S/C16H24N2O4S/c1-12(19)13-7-6-8-14(11-13)18(23(5,21)22)10-9-17-15(20)16(2,3)4/h6-8,11H,9-10H2,1-5H3,(H,17,20). The van der Waals surface area contributed by atoms with Crippen LogP contribution in [0.3, 0.4) is 0 Å². The number of benzene rings is 1. The fraction of sp³-hybridized carbons (Fsp3) is 0.500. The smallest absolute Gasteiger partial charge is 0.232 e. The van der Waals surface area contributed by atoms with Crippen molar-refractivity contribution >= 4 is 27.4 Å². The summed E-state index contributed by atoms with van der Waals surface area (Å²) in [6.07, 6.45) is 1.10. The van der Waals surface area contributed by atoms with Crippen LogP contribution in [0.4, 0.5) is 5.69 Å². The lowest BCUT2D eigenvalue weighted by Gasteiger charge is -2.24. The number of carbonyl (C=O) groups is 2. The highest BCUT2D eigenvalue weighted by molar-refractivity contribution is 7.92. The molecule has 1 rings (SSSR count). The molecular formula is C16H24N2O4S. The van der Waals surface area contributed by atoms with Gasteiger partial charge in [0.1, 0.15) is 0 Å². The topological polar surface area (TPSA) is 83.6 Å². The van der Waals surface area contributed by atoms with Crippen molar-refractivity contribution in [3.8, 4) is 0 Å². The van der Waals surface area contributed by atoms with Crippen LogP contribution in [-0.2, 0) is 14.8 Å². The molecule has 0 aliphatic carbocycles. The van der Waals surface area contributed by atoms with Crippen LogP contribution in [-0.4, -0.2) is 39.5 Å². The van der Waals surface area contributed by atoms with E-state index >= 15 is 0 Å². The van der Waals surface area contributed by atoms with E-state index in [4.69, 9.17) is 0 Å². The Morgan fingerprint density at radius 3 is 2.30 bits per heavy atom. The molecule has 0 saturated carbocycles. The average Bonchev–Trinajstić information content (AvgIpc) is 2.40. The normalized spacial score (nSPS) is 11.9. The van der Waals surface area contributed by atoms with Crippen LogP contribution in [0.15, 0.2) is 24.3 Å². The van der Waals surface area contributed by atoms with Crippen molar-refractivity contribution in [2.45, 2.75) is 27.7 Å². The van der Waals surface area contributed by atoms with Gasteiger partial charge in [-0.05, 0) is 19.1 Å². The van der Waals surface area contributed by atoms with E-state index in [1.54, 1.807) is 39.0 Å². The van der Waals surface area contributed by atoms with Crippen LogP contribution >= 0.6 is 0 Å². The highest BCUT2D eigenvalue weighted by atomic mass is 32.2. The SMILES string of the molecule is CC(=O)c1cccc(N(CCNC(=O)C(C)(C)C)S(C)(=O)=O)c1. The molecule has 0 fully saturated rings. The lowest BCUT2D eigenvalue weighted by atomic mass is 9.96. The quantitative estimate of drug-likeness (QED) is 0.801. The molecule has 7 heteroatoms. The molecule has 0 bridgehead atoms. The van der Waals surface area contributed by atoms with Crippen molar-refractivity contribution in [2.75, 3.05) is 23.7 Å². The first-order valence-electron chi connectivity index (χ1n) is 7.30. The van der Waals surface area contributed by atoms with Crippen molar-refractivity contribution in [3.63, 3.8) is 0 Å². The summed E-state index contributed by atoms with van der Waals surface area (Å²) in [6, 6.07) is 6.43. The minimum atomic E-state index is -3.52. The zero-order valence-electron chi connectivity index (χ0n) is 14.2. The van der Waals surface area contributed by atoms with E-state index in [1.165, 1.54) is 17.3 Å². The molecule has 0 spiro atoms. The van der Waals surface area contributed by atoms with Gasteiger partial charge in [-0.15, -0.1) is 0 Å². The minimum absolute atomic E-state index is 0.0992. The Kier molecular flexibility index (Phi) is 5.93. The third-order valence-electron chi connectivity index (χ3n) is 3.22. The monoisotopic (exact) mass is 340 g/mol. The van der Waals surface area contributed by atoms with Gasteiger partial charge >= 0.3 is 0 Å². The number of rotatable bonds is 6. The van der Waals surface area contributed by atoms with Gasteiger partial charge in [0.15, 0.2) is 5.78 Å². The molecule has 0 aliphatic heterocycles. The van der Waals surface area contributed by atoms with Crippen molar-refractivity contribution in [2.24, 2.45) is 5.41 Å². The number of nitrogens with zero attached hydrogens (tertiary/aromatic N) is 1. The average molecular weight is 340 g/mol. The van der Waals surface area contributed by atoms with Gasteiger partial charge < -0.3 is 5.32 Å². The van der Waals surface area contributed by atoms with E-state index in [2.05, 4.69) is 5.32 Å². The maximum atomic E-state index is 12.0. The molecule has 0 atom stereocenters. The third-order valence-corrected chi connectivity index (χ3v) is 4.42. The van der Waals surface area contributed by atoms with Crippen molar-refractivity contribution in [1.82, 2.24) is 5.32 Å². The van der Waals surface area contributed by atoms with Gasteiger partial charge in [-0.3, -0.25) is 13.9 Å². The molecule has 128 valence electrons. The number of hydrogen-bond donors (Lipinski definition) is 1. The zero-order chi connectivity index (χ0) is 17.8. The molecule has 0 radical (unpaired) electrons. The Morgan fingerprint density at radius 1 is 1.22 bits per heavy atom. The first-order valence-corrected chi connectivity index (χ1v) is 9.15. The van der Waals surface area contributed by atoms with Crippen LogP contribution in [0.5, 0.6) is 0 Å². The summed E-state index contributed by atoms with van der Waals surface area (Å²) in [7, 11) is -3.52. The number of sulfonamides is 1. The van der Waals surface area contributed by atoms with Gasteiger partial charge in [0.25, 0.3) is 0 Å². The maximum absolute atomic E-state index is 12.0. The number of nitrogens with one attached hydrogen (secondary N) is 1. The van der Waals surface area contributed by atoms with E-state index in [-0.39, 0.29) is 24.8 Å². The Hall–Kier alpha value is -1.89. The van der Waals surface area contributed by atoms with Gasteiger partial charge in [0.2, 0.25) is 15.9 Å². The number of anilines is 1. The number of amides is 1. The summed E-state index contributed by atoms with van der Waals surface area (Å²) < 4.78 is 25.2. The molecule has 1 aromatic rings. The minimum Gasteiger partial charge on any atom is -0.354 e. The van der Waals surface area contributed by atoms with Crippen LogP contribution in [0.2, 0.25) is 0 Å². The predicted octanol–water partition coefficient (Wildman–Crippen LogP) is 1.82. The van der Waals surface area contributed by atoms with Gasteiger partial charge in [0.05, 0.1) is 18.5 Å². The molecule has 0 heterocycles. The molecule has 0 aliphatic rings. The van der Waals surface area contributed by atoms with E-state index < -0.39 is 15.4 Å². The Labute approximate surface area is 137 Å². The molecular weight excluding hydrogens is 316 g/mol. The molecule has 0 unspecified atom stereocenters. The Bertz CT molecular complexity index is 690. The van der Waals surface area contributed by atoms with E-state index in [0.29, 0.717) is 11.3 Å². The van der Waals surface area contributed by atoms with Gasteiger partial charge in [-0.1, -0.05) is 32.9 Å². The molecule has 1 aromatic carbocycles. The molecule has 6 nitrogen and oxygen atoms in total. The Balaban J connectivity index is 2.93. The molecule has 23 heavy (non-hydrogen) atoms. The summed E-state index contributed by atoms with van der Waals surface area (Å²) in [6.45, 7) is 7.07. The van der Waals surface area contributed by atoms with Crippen LogP contribution in [0, 0.1) is 5.41 Å². The number of carbonyl (C=O) groups excluding carboxylic acids is 2. The van der Waals surface area contributed by atoms with Crippen molar-refractivity contribution in [3.05, 3.63) is 29.8 Å². The molecule has 0 aromatic heterocycles. The molecule has 1 N–H and O–H groups in total. The van der Waals surface area contributed by atoms with E-state index in [9.17, 15) is 18.0 Å². The van der Waals surface area contributed by atoms with Crippen LogP contribution < -0.4 is 9.62 Å². The number of Topliss-reactive ketones (excluding diaryl/α,β-unsaturated/α-hetero) is 1. The Morgan fingerprint density at radius 2 is 1.83 bits per heavy atom. The summed E-state index contributed by atoms with van der Waals surface area (Å²) in [5.41, 5.74) is 0.310. The highest BCUT2D eigenvalue weighted by Gasteiger charge is 2.22. The largest absolute Gasteiger partial charge is 0.354 e. The van der Waals surface area contributed by atoms with Crippen LogP contribution in [0.25, 0.3) is 0 Å². The highest BCUT2D eigenvalue weighted by Crippen LogP contribution is 2.19. The van der Waals surface area contributed by atoms with Gasteiger partial charge in [0, 0.05) is 17.5 Å².